The van der Waals surface area contributed by atoms with Crippen LogP contribution < -0.4 is 10.5 Å². The molecule has 1 aliphatic rings. The third-order valence-electron chi connectivity index (χ3n) is 5.44. The fraction of sp³-hybridized carbons (Fsp3) is 0.450. The second-order valence-electron chi connectivity index (χ2n) is 7.48. The number of rotatable bonds is 5. The van der Waals surface area contributed by atoms with E-state index in [9.17, 15) is 13.2 Å². The second-order valence-corrected chi connectivity index (χ2v) is 9.42. The summed E-state index contributed by atoms with van der Waals surface area (Å²) in [6.45, 7) is 6.00. The first kappa shape index (κ1) is 20.5. The first-order valence-electron chi connectivity index (χ1n) is 10.1. The van der Waals surface area contributed by atoms with Crippen LogP contribution >= 0.6 is 0 Å². The fourth-order valence-electron chi connectivity index (χ4n) is 3.94. The summed E-state index contributed by atoms with van der Waals surface area (Å²) >= 11 is 0. The third-order valence-corrected chi connectivity index (χ3v) is 7.35. The van der Waals surface area contributed by atoms with E-state index >= 15 is 0 Å². The molecule has 2 aromatic heterocycles. The van der Waals surface area contributed by atoms with E-state index in [1.807, 2.05) is 18.7 Å². The Bertz CT molecular complexity index is 1220. The molecular weight excluding hydrogens is 404 g/mol. The molecule has 0 aliphatic carbocycles. The maximum atomic E-state index is 13.2. The average molecular weight is 431 g/mol. The number of sulfonamides is 1. The summed E-state index contributed by atoms with van der Waals surface area (Å²) in [5.41, 5.74) is 1.69. The Morgan fingerprint density at radius 3 is 2.37 bits per heavy atom. The predicted molar refractivity (Wildman–Crippen MR) is 115 cm³/mol. The van der Waals surface area contributed by atoms with Crippen LogP contribution in [-0.4, -0.2) is 58.2 Å². The number of hydrogen-bond acceptors (Lipinski definition) is 6. The molecule has 1 fully saturated rings. The molecule has 0 atom stereocenters. The van der Waals surface area contributed by atoms with E-state index in [1.54, 1.807) is 46.6 Å². The largest absolute Gasteiger partial charge is 0.340 e. The summed E-state index contributed by atoms with van der Waals surface area (Å²) in [6.07, 6.45) is 0.791. The highest BCUT2D eigenvalue weighted by atomic mass is 32.2. The van der Waals surface area contributed by atoms with Crippen molar-refractivity contribution in [2.75, 3.05) is 31.1 Å². The van der Waals surface area contributed by atoms with Crippen molar-refractivity contribution in [2.45, 2.75) is 31.7 Å². The number of hydrogen-bond donors (Lipinski definition) is 0. The molecular formula is C20H26N6O3S. The number of aromatic nitrogens is 4. The SMILES string of the molecule is CCCn1c(N2CCN(S(=O)(=O)c3ccccc3)CC2)nc2c(C)nn(C)c2c1=O. The van der Waals surface area contributed by atoms with Gasteiger partial charge >= 0.3 is 0 Å². The summed E-state index contributed by atoms with van der Waals surface area (Å²) in [4.78, 5) is 20.2. The topological polar surface area (TPSA) is 93.3 Å². The Hall–Kier alpha value is -2.72. The molecule has 3 heterocycles. The van der Waals surface area contributed by atoms with E-state index in [0.29, 0.717) is 60.3 Å². The maximum Gasteiger partial charge on any atom is 0.281 e. The van der Waals surface area contributed by atoms with Crippen LogP contribution in [0.3, 0.4) is 0 Å². The predicted octanol–water partition coefficient (Wildman–Crippen LogP) is 1.36. The molecule has 1 saturated heterocycles. The smallest absolute Gasteiger partial charge is 0.281 e. The third kappa shape index (κ3) is 3.39. The first-order chi connectivity index (χ1) is 14.3. The maximum absolute atomic E-state index is 13.2. The molecule has 0 saturated carbocycles. The number of benzene rings is 1. The Labute approximate surface area is 175 Å². The van der Waals surface area contributed by atoms with Gasteiger partial charge in [-0.25, -0.2) is 13.4 Å². The van der Waals surface area contributed by atoms with E-state index in [0.717, 1.165) is 6.42 Å². The van der Waals surface area contributed by atoms with Gasteiger partial charge in [-0.05, 0) is 25.5 Å². The second kappa shape index (κ2) is 7.84. The van der Waals surface area contributed by atoms with Crippen LogP contribution in [0.25, 0.3) is 11.0 Å². The van der Waals surface area contributed by atoms with Gasteiger partial charge in [-0.3, -0.25) is 14.0 Å². The van der Waals surface area contributed by atoms with Gasteiger partial charge in [0.25, 0.3) is 5.56 Å². The van der Waals surface area contributed by atoms with Crippen LogP contribution in [0.5, 0.6) is 0 Å². The summed E-state index contributed by atoms with van der Waals surface area (Å²) in [6, 6.07) is 8.47. The van der Waals surface area contributed by atoms with E-state index in [4.69, 9.17) is 4.98 Å². The van der Waals surface area contributed by atoms with Gasteiger partial charge < -0.3 is 4.90 Å². The minimum absolute atomic E-state index is 0.112. The van der Waals surface area contributed by atoms with Gasteiger partial charge in [-0.1, -0.05) is 25.1 Å². The molecule has 4 rings (SSSR count). The van der Waals surface area contributed by atoms with Crippen molar-refractivity contribution in [1.29, 1.82) is 0 Å². The highest BCUT2D eigenvalue weighted by molar-refractivity contribution is 7.89. The van der Waals surface area contributed by atoms with E-state index in [1.165, 1.54) is 4.31 Å². The quantitative estimate of drug-likeness (QED) is 0.607. The fourth-order valence-corrected chi connectivity index (χ4v) is 5.38. The van der Waals surface area contributed by atoms with Gasteiger partial charge in [0, 0.05) is 39.8 Å². The van der Waals surface area contributed by atoms with Crippen molar-refractivity contribution < 1.29 is 8.42 Å². The molecule has 0 amide bonds. The molecule has 160 valence electrons. The summed E-state index contributed by atoms with van der Waals surface area (Å²) < 4.78 is 30.6. The summed E-state index contributed by atoms with van der Waals surface area (Å²) in [5, 5.41) is 4.35. The van der Waals surface area contributed by atoms with E-state index < -0.39 is 10.0 Å². The van der Waals surface area contributed by atoms with Crippen LogP contribution in [-0.2, 0) is 23.6 Å². The van der Waals surface area contributed by atoms with Gasteiger partial charge in [0.2, 0.25) is 16.0 Å². The van der Waals surface area contributed by atoms with E-state index in [-0.39, 0.29) is 5.56 Å². The van der Waals surface area contributed by atoms with Gasteiger partial charge in [0.1, 0.15) is 5.52 Å². The molecule has 1 aromatic carbocycles. The minimum atomic E-state index is -3.53. The van der Waals surface area contributed by atoms with Gasteiger partial charge in [-0.2, -0.15) is 9.40 Å². The normalized spacial score (nSPS) is 15.8. The Kier molecular flexibility index (Phi) is 5.37. The number of piperazine rings is 1. The van der Waals surface area contributed by atoms with Gasteiger partial charge in [0.15, 0.2) is 5.52 Å². The molecule has 0 bridgehead atoms. The highest BCUT2D eigenvalue weighted by Gasteiger charge is 2.30. The van der Waals surface area contributed by atoms with Crippen molar-refractivity contribution in [3.8, 4) is 0 Å². The van der Waals surface area contributed by atoms with Crippen LogP contribution in [0, 0.1) is 6.92 Å². The summed E-state index contributed by atoms with van der Waals surface area (Å²) in [5.74, 6) is 0.585. The Balaban J connectivity index is 1.66. The number of aryl methyl sites for hydroxylation is 2. The van der Waals surface area contributed by atoms with Gasteiger partial charge in [0.05, 0.1) is 10.6 Å². The lowest BCUT2D eigenvalue weighted by Gasteiger charge is -2.35. The molecule has 10 heteroatoms. The zero-order valence-electron chi connectivity index (χ0n) is 17.4. The Morgan fingerprint density at radius 2 is 1.73 bits per heavy atom. The zero-order valence-corrected chi connectivity index (χ0v) is 18.3. The lowest BCUT2D eigenvalue weighted by molar-refractivity contribution is 0.379. The van der Waals surface area contributed by atoms with Crippen molar-refractivity contribution in [1.82, 2.24) is 23.6 Å². The molecule has 1 aliphatic heterocycles. The molecule has 30 heavy (non-hydrogen) atoms. The molecule has 3 aromatic rings. The van der Waals surface area contributed by atoms with Crippen molar-refractivity contribution in [3.05, 3.63) is 46.4 Å². The van der Waals surface area contributed by atoms with Crippen LogP contribution in [0.4, 0.5) is 5.95 Å². The Morgan fingerprint density at radius 1 is 1.07 bits per heavy atom. The van der Waals surface area contributed by atoms with Crippen molar-refractivity contribution in [2.24, 2.45) is 7.05 Å². The zero-order chi connectivity index (χ0) is 21.5. The van der Waals surface area contributed by atoms with Crippen molar-refractivity contribution >= 4 is 27.0 Å². The minimum Gasteiger partial charge on any atom is -0.340 e. The number of fused-ring (bicyclic) bond motifs is 1. The van der Waals surface area contributed by atoms with Crippen LogP contribution in [0.15, 0.2) is 40.0 Å². The summed E-state index contributed by atoms with van der Waals surface area (Å²) in [7, 11) is -1.78. The van der Waals surface area contributed by atoms with Crippen molar-refractivity contribution in [3.63, 3.8) is 0 Å². The standard InChI is InChI=1S/C20H26N6O3S/c1-4-10-26-19(27)18-17(15(2)22-23(18)3)21-20(26)24-11-13-25(14-12-24)30(28,29)16-8-6-5-7-9-16/h5-9H,4,10-14H2,1-3H3. The lowest BCUT2D eigenvalue weighted by atomic mass is 10.3. The highest BCUT2D eigenvalue weighted by Crippen LogP contribution is 2.22. The van der Waals surface area contributed by atoms with Gasteiger partial charge in [-0.15, -0.1) is 0 Å². The number of anilines is 1. The van der Waals surface area contributed by atoms with E-state index in [2.05, 4.69) is 5.10 Å². The molecule has 0 radical (unpaired) electrons. The van der Waals surface area contributed by atoms with Crippen LogP contribution in [0.2, 0.25) is 0 Å². The lowest BCUT2D eigenvalue weighted by Crippen LogP contribution is -2.50. The van der Waals surface area contributed by atoms with Crippen LogP contribution in [0.1, 0.15) is 19.0 Å². The first-order valence-corrected chi connectivity index (χ1v) is 11.5. The molecule has 0 spiro atoms. The molecule has 0 N–H and O–H groups in total. The molecule has 9 nitrogen and oxygen atoms in total. The average Bonchev–Trinajstić information content (AvgIpc) is 3.04. The monoisotopic (exact) mass is 430 g/mol. The number of nitrogens with zero attached hydrogens (tertiary/aromatic N) is 6. The molecule has 0 unspecified atom stereocenters.